The van der Waals surface area contributed by atoms with Crippen LogP contribution < -0.4 is 19.1 Å². The highest BCUT2D eigenvalue weighted by molar-refractivity contribution is 5.92. The van der Waals surface area contributed by atoms with Gasteiger partial charge in [0.25, 0.3) is 0 Å². The summed E-state index contributed by atoms with van der Waals surface area (Å²) in [4.78, 5) is 20.1. The second-order valence-electron chi connectivity index (χ2n) is 8.92. The summed E-state index contributed by atoms with van der Waals surface area (Å²) < 4.78 is 17.2. The molecule has 2 unspecified atom stereocenters. The largest absolute Gasteiger partial charge is 0.493 e. The van der Waals surface area contributed by atoms with Gasteiger partial charge in [0.05, 0.1) is 55.2 Å². The number of hydrogen-bond acceptors (Lipinski definition) is 9. The Morgan fingerprint density at radius 2 is 1.71 bits per heavy atom. The van der Waals surface area contributed by atoms with E-state index in [0.29, 0.717) is 36.2 Å². The molecule has 0 saturated carbocycles. The van der Waals surface area contributed by atoms with E-state index < -0.39 is 5.60 Å². The summed E-state index contributed by atoms with van der Waals surface area (Å²) in [6.07, 6.45) is 3.54. The van der Waals surface area contributed by atoms with E-state index >= 15 is 0 Å². The summed E-state index contributed by atoms with van der Waals surface area (Å²) in [5.41, 5.74) is 1.31. The molecular weight excluding hydrogens is 434 g/mol. The summed E-state index contributed by atoms with van der Waals surface area (Å²) >= 11 is 0. The van der Waals surface area contributed by atoms with Gasteiger partial charge in [-0.2, -0.15) is 0 Å². The third kappa shape index (κ3) is 4.03. The van der Waals surface area contributed by atoms with E-state index in [1.807, 2.05) is 36.4 Å². The highest BCUT2D eigenvalue weighted by Crippen LogP contribution is 2.39. The van der Waals surface area contributed by atoms with Gasteiger partial charge in [0.2, 0.25) is 5.88 Å². The number of rotatable bonds is 6. The highest BCUT2D eigenvalue weighted by atomic mass is 16.5. The van der Waals surface area contributed by atoms with Crippen LogP contribution in [0.2, 0.25) is 0 Å². The van der Waals surface area contributed by atoms with Crippen LogP contribution in [-0.2, 0) is 0 Å². The van der Waals surface area contributed by atoms with Crippen molar-refractivity contribution in [1.29, 1.82) is 0 Å². The predicted octanol–water partition coefficient (Wildman–Crippen LogP) is 3.39. The van der Waals surface area contributed by atoms with Gasteiger partial charge in [0, 0.05) is 17.9 Å². The Hall–Kier alpha value is -3.72. The number of anilines is 1. The lowest BCUT2D eigenvalue weighted by Crippen LogP contribution is -2.46. The van der Waals surface area contributed by atoms with E-state index in [4.69, 9.17) is 14.2 Å². The lowest BCUT2D eigenvalue weighted by Gasteiger charge is -2.34. The SMILES string of the molecule is COc1cc2ncnc(N3CC(Oc4cnc5ccccc5n4)CC3C(C)(C)O)c2cc1OC. The molecular formula is C25H27N5O4. The summed E-state index contributed by atoms with van der Waals surface area (Å²) in [7, 11) is 3.19. The van der Waals surface area contributed by atoms with Gasteiger partial charge in [0.15, 0.2) is 11.5 Å². The van der Waals surface area contributed by atoms with E-state index in [1.54, 1.807) is 34.3 Å². The Labute approximate surface area is 197 Å². The molecule has 0 spiro atoms. The van der Waals surface area contributed by atoms with Gasteiger partial charge in [-0.1, -0.05) is 12.1 Å². The second-order valence-corrected chi connectivity index (χ2v) is 8.92. The first-order chi connectivity index (χ1) is 16.4. The predicted molar refractivity (Wildman–Crippen MR) is 129 cm³/mol. The molecule has 5 rings (SSSR count). The number of nitrogens with zero attached hydrogens (tertiary/aromatic N) is 5. The molecule has 3 heterocycles. The summed E-state index contributed by atoms with van der Waals surface area (Å²) in [6.45, 7) is 4.12. The fraction of sp³-hybridized carbons (Fsp3) is 0.360. The fourth-order valence-corrected chi connectivity index (χ4v) is 4.55. The third-order valence-corrected chi connectivity index (χ3v) is 6.18. The van der Waals surface area contributed by atoms with Gasteiger partial charge in [-0.15, -0.1) is 0 Å². The number of fused-ring (bicyclic) bond motifs is 2. The van der Waals surface area contributed by atoms with Crippen LogP contribution in [0.3, 0.4) is 0 Å². The van der Waals surface area contributed by atoms with Crippen LogP contribution in [-0.4, -0.2) is 63.6 Å². The summed E-state index contributed by atoms with van der Waals surface area (Å²) in [5, 5.41) is 11.8. The molecule has 176 valence electrons. The first-order valence-corrected chi connectivity index (χ1v) is 11.1. The summed E-state index contributed by atoms with van der Waals surface area (Å²) in [6, 6.07) is 11.1. The average Bonchev–Trinajstić information content (AvgIpc) is 3.26. The van der Waals surface area contributed by atoms with Crippen molar-refractivity contribution in [2.45, 2.75) is 38.0 Å². The molecule has 9 heteroatoms. The Morgan fingerprint density at radius 1 is 0.971 bits per heavy atom. The van der Waals surface area contributed by atoms with Gasteiger partial charge in [0.1, 0.15) is 18.2 Å². The minimum atomic E-state index is -0.999. The monoisotopic (exact) mass is 461 g/mol. The third-order valence-electron chi connectivity index (χ3n) is 6.18. The molecule has 0 aliphatic carbocycles. The van der Waals surface area contributed by atoms with Crippen molar-refractivity contribution in [2.24, 2.45) is 0 Å². The molecule has 34 heavy (non-hydrogen) atoms. The van der Waals surface area contributed by atoms with Crippen molar-refractivity contribution in [2.75, 3.05) is 25.7 Å². The molecule has 0 radical (unpaired) electrons. The Balaban J connectivity index is 1.50. The van der Waals surface area contributed by atoms with E-state index in [2.05, 4.69) is 24.8 Å². The first kappa shape index (κ1) is 22.1. The van der Waals surface area contributed by atoms with Crippen molar-refractivity contribution >= 4 is 27.8 Å². The van der Waals surface area contributed by atoms with Crippen LogP contribution >= 0.6 is 0 Å². The Kier molecular flexibility index (Phi) is 5.57. The Morgan fingerprint density at radius 3 is 2.44 bits per heavy atom. The van der Waals surface area contributed by atoms with Crippen molar-refractivity contribution in [3.63, 3.8) is 0 Å². The number of aliphatic hydroxyl groups is 1. The molecule has 0 amide bonds. The second kappa shape index (κ2) is 8.57. The summed E-state index contributed by atoms with van der Waals surface area (Å²) in [5.74, 6) is 2.34. The average molecular weight is 462 g/mol. The van der Waals surface area contributed by atoms with Gasteiger partial charge in [-0.05, 0) is 32.0 Å². The maximum absolute atomic E-state index is 11.0. The molecule has 2 atom stereocenters. The first-order valence-electron chi connectivity index (χ1n) is 11.1. The number of benzene rings is 2. The zero-order chi connectivity index (χ0) is 23.9. The molecule has 2 aromatic heterocycles. The minimum absolute atomic E-state index is 0.211. The maximum Gasteiger partial charge on any atom is 0.233 e. The molecule has 1 aliphatic heterocycles. The molecule has 0 bridgehead atoms. The normalized spacial score (nSPS) is 18.4. The van der Waals surface area contributed by atoms with Gasteiger partial charge >= 0.3 is 0 Å². The van der Waals surface area contributed by atoms with Crippen LogP contribution in [0, 0.1) is 0 Å². The zero-order valence-electron chi connectivity index (χ0n) is 19.6. The van der Waals surface area contributed by atoms with E-state index in [-0.39, 0.29) is 12.1 Å². The number of methoxy groups -OCH3 is 2. The molecule has 9 nitrogen and oxygen atoms in total. The molecule has 4 aromatic rings. The molecule has 1 aliphatic rings. The van der Waals surface area contributed by atoms with Gasteiger partial charge in [-0.25, -0.2) is 19.9 Å². The van der Waals surface area contributed by atoms with Crippen LogP contribution in [0.4, 0.5) is 5.82 Å². The smallest absolute Gasteiger partial charge is 0.233 e. The van der Waals surface area contributed by atoms with Crippen LogP contribution in [0.15, 0.2) is 48.9 Å². The highest BCUT2D eigenvalue weighted by Gasteiger charge is 2.43. The molecule has 1 saturated heterocycles. The zero-order valence-corrected chi connectivity index (χ0v) is 19.6. The number of ether oxygens (including phenoxy) is 3. The van der Waals surface area contributed by atoms with Crippen LogP contribution in [0.25, 0.3) is 21.9 Å². The Bertz CT molecular complexity index is 1340. The topological polar surface area (TPSA) is 103 Å². The van der Waals surface area contributed by atoms with Gasteiger partial charge in [-0.3, -0.25) is 0 Å². The number of hydrogen-bond donors (Lipinski definition) is 1. The molecule has 1 N–H and O–H groups in total. The van der Waals surface area contributed by atoms with E-state index in [0.717, 1.165) is 21.9 Å². The molecule has 2 aromatic carbocycles. The van der Waals surface area contributed by atoms with Gasteiger partial charge < -0.3 is 24.2 Å². The lowest BCUT2D eigenvalue weighted by molar-refractivity contribution is 0.0483. The fourth-order valence-electron chi connectivity index (χ4n) is 4.55. The standard InChI is InChI=1S/C25H27N5O4/c1-25(2,31)22-9-15(34-23-12-26-17-7-5-6-8-18(17)29-23)13-30(22)24-16-10-20(32-3)21(33-4)11-19(16)27-14-28-24/h5-8,10-12,14-15,22,31H,9,13H2,1-4H3. The van der Waals surface area contributed by atoms with Crippen LogP contribution in [0.1, 0.15) is 20.3 Å². The number of para-hydroxylation sites is 2. The van der Waals surface area contributed by atoms with Crippen molar-refractivity contribution in [3.8, 4) is 17.4 Å². The van der Waals surface area contributed by atoms with E-state index in [1.165, 1.54) is 6.33 Å². The van der Waals surface area contributed by atoms with Crippen LogP contribution in [0.5, 0.6) is 17.4 Å². The number of aromatic nitrogens is 4. The van der Waals surface area contributed by atoms with E-state index in [9.17, 15) is 5.11 Å². The van der Waals surface area contributed by atoms with Crippen molar-refractivity contribution in [3.05, 3.63) is 48.9 Å². The van der Waals surface area contributed by atoms with Crippen molar-refractivity contribution < 1.29 is 19.3 Å². The minimum Gasteiger partial charge on any atom is -0.493 e. The quantitative estimate of drug-likeness (QED) is 0.463. The lowest BCUT2D eigenvalue weighted by atomic mass is 9.96. The van der Waals surface area contributed by atoms with Crippen molar-refractivity contribution in [1.82, 2.24) is 19.9 Å². The molecule has 1 fully saturated rings. The maximum atomic E-state index is 11.0.